The van der Waals surface area contributed by atoms with Crippen molar-refractivity contribution >= 4 is 59.1 Å². The van der Waals surface area contributed by atoms with Crippen LogP contribution in [0.1, 0.15) is 73.6 Å². The molecule has 12 nitrogen and oxygen atoms in total. The lowest BCUT2D eigenvalue weighted by Gasteiger charge is -2.38. The fourth-order valence-corrected chi connectivity index (χ4v) is 8.09. The number of nitrogens with zero attached hydrogens (tertiary/aromatic N) is 1. The number of hydrogen-bond acceptors (Lipinski definition) is 9. The number of rotatable bonds is 14. The monoisotopic (exact) mass is 648 g/mol. The van der Waals surface area contributed by atoms with E-state index in [9.17, 15) is 33.2 Å². The van der Waals surface area contributed by atoms with Crippen molar-refractivity contribution in [2.24, 2.45) is 5.41 Å². The third-order valence-corrected chi connectivity index (χ3v) is 11.0. The minimum Gasteiger partial charge on any atom is -0.480 e. The van der Waals surface area contributed by atoms with Gasteiger partial charge in [0.15, 0.2) is 0 Å². The van der Waals surface area contributed by atoms with Gasteiger partial charge < -0.3 is 30.7 Å². The number of carboxylic acid groups (broad SMARTS) is 1. The van der Waals surface area contributed by atoms with Crippen LogP contribution >= 0.6 is 23.5 Å². The Balaban J connectivity index is 2.39. The molecule has 0 aromatic rings. The Morgan fingerprint density at radius 3 is 2.23 bits per heavy atom. The first kappa shape index (κ1) is 36.6. The number of halogens is 1. The number of carbonyl (C=O) groups is 6. The van der Waals surface area contributed by atoms with Crippen LogP contribution < -0.4 is 16.0 Å². The molecular weight excluding hydrogens is 603 g/mol. The molecule has 2 rings (SSSR count). The zero-order chi connectivity index (χ0) is 32.6. The number of nitrogens with one attached hydrogen (secondary N) is 3. The molecule has 3 atom stereocenters. The van der Waals surface area contributed by atoms with E-state index in [4.69, 9.17) is 9.84 Å². The van der Waals surface area contributed by atoms with Crippen LogP contribution in [0.2, 0.25) is 0 Å². The first-order valence-corrected chi connectivity index (χ1v) is 16.5. The van der Waals surface area contributed by atoms with Crippen molar-refractivity contribution in [1.29, 1.82) is 0 Å². The SMILES string of the molecule is CCCC(NC(=O)[C@@H]1CC2(CN1C(=O)C(NC(=O)OC(C)(C)CF)C(C)(C)CC)SCCCS2)C(=O)C(=O)NCC(=O)O. The van der Waals surface area contributed by atoms with Crippen LogP contribution in [0.3, 0.4) is 0 Å². The Kier molecular flexibility index (Phi) is 13.2. The van der Waals surface area contributed by atoms with E-state index in [0.717, 1.165) is 17.9 Å². The summed E-state index contributed by atoms with van der Waals surface area (Å²) < 4.78 is 18.1. The maximum Gasteiger partial charge on any atom is 0.408 e. The molecule has 43 heavy (non-hydrogen) atoms. The van der Waals surface area contributed by atoms with Crippen molar-refractivity contribution in [3.8, 4) is 0 Å². The molecule has 4 N–H and O–H groups in total. The van der Waals surface area contributed by atoms with Crippen molar-refractivity contribution < 1.29 is 43.0 Å². The number of carboxylic acids is 1. The Labute approximate surface area is 260 Å². The Morgan fingerprint density at radius 1 is 1.07 bits per heavy atom. The minimum absolute atomic E-state index is 0.129. The number of aliphatic carboxylic acids is 1. The second-order valence-electron chi connectivity index (χ2n) is 12.1. The van der Waals surface area contributed by atoms with Gasteiger partial charge in [0.2, 0.25) is 17.6 Å². The molecule has 2 aliphatic heterocycles. The van der Waals surface area contributed by atoms with Gasteiger partial charge in [0, 0.05) is 13.0 Å². The van der Waals surface area contributed by atoms with E-state index in [1.807, 2.05) is 12.2 Å². The molecular formula is C28H45FN4O8S2. The number of alkyl halides is 1. The molecule has 0 bridgehead atoms. The van der Waals surface area contributed by atoms with Crippen molar-refractivity contribution in [1.82, 2.24) is 20.9 Å². The summed E-state index contributed by atoms with van der Waals surface area (Å²) in [5.41, 5.74) is -2.18. The second kappa shape index (κ2) is 15.4. The van der Waals surface area contributed by atoms with Gasteiger partial charge in [-0.15, -0.1) is 23.5 Å². The Bertz CT molecular complexity index is 1070. The fraction of sp³-hybridized carbons (Fsp3) is 0.786. The zero-order valence-corrected chi connectivity index (χ0v) is 27.4. The molecule has 0 aromatic carbocycles. The summed E-state index contributed by atoms with van der Waals surface area (Å²) in [6.45, 7) is 8.59. The van der Waals surface area contributed by atoms with Crippen LogP contribution in [0.15, 0.2) is 0 Å². The topological polar surface area (TPSA) is 171 Å². The fourth-order valence-electron chi connectivity index (χ4n) is 4.74. The van der Waals surface area contributed by atoms with Gasteiger partial charge in [0.05, 0.1) is 10.1 Å². The lowest BCUT2D eigenvalue weighted by atomic mass is 9.81. The van der Waals surface area contributed by atoms with Gasteiger partial charge in [0.25, 0.3) is 5.91 Å². The van der Waals surface area contributed by atoms with E-state index in [2.05, 4.69) is 10.6 Å². The predicted molar refractivity (Wildman–Crippen MR) is 162 cm³/mol. The van der Waals surface area contributed by atoms with E-state index in [1.165, 1.54) is 18.7 Å². The average Bonchev–Trinajstić information content (AvgIpc) is 3.32. The molecule has 2 heterocycles. The highest BCUT2D eigenvalue weighted by molar-refractivity contribution is 8.18. The largest absolute Gasteiger partial charge is 0.480 e. The van der Waals surface area contributed by atoms with E-state index in [0.29, 0.717) is 12.8 Å². The van der Waals surface area contributed by atoms with Gasteiger partial charge in [-0.05, 0) is 50.0 Å². The summed E-state index contributed by atoms with van der Waals surface area (Å²) >= 11 is 3.33. The highest BCUT2D eigenvalue weighted by atomic mass is 32.2. The molecule has 2 unspecified atom stereocenters. The Morgan fingerprint density at radius 2 is 1.70 bits per heavy atom. The van der Waals surface area contributed by atoms with Crippen LogP contribution in [0.25, 0.3) is 0 Å². The number of likely N-dealkylation sites (tertiary alicyclic amines) is 1. The standard InChI is InChI=1S/C28H45FN4O8S2/c1-7-10-17(20(36)23(38)30-14-19(34)35)31-22(37)18-13-28(42-11-9-12-43-28)16-33(18)24(39)21(26(3,4)8-2)32-25(40)41-27(5,6)15-29/h17-18,21H,7-16H2,1-6H3,(H,30,38)(H,31,37)(H,32,40)(H,34,35)/t17?,18-,21?/m0/s1. The second-order valence-corrected chi connectivity index (χ2v) is 15.4. The number of amides is 4. The van der Waals surface area contributed by atoms with Crippen molar-refractivity contribution in [2.75, 3.05) is 31.3 Å². The summed E-state index contributed by atoms with van der Waals surface area (Å²) in [6, 6.07) is -3.33. The number of ether oxygens (including phenoxy) is 1. The molecule has 2 saturated heterocycles. The molecule has 0 radical (unpaired) electrons. The van der Waals surface area contributed by atoms with E-state index in [1.54, 1.807) is 44.3 Å². The van der Waals surface area contributed by atoms with Crippen LogP contribution in [0.5, 0.6) is 0 Å². The molecule has 0 aliphatic carbocycles. The predicted octanol–water partition coefficient (Wildman–Crippen LogP) is 2.49. The average molecular weight is 649 g/mol. The lowest BCUT2D eigenvalue weighted by Crippen LogP contribution is -2.60. The lowest BCUT2D eigenvalue weighted by molar-refractivity contribution is -0.144. The van der Waals surface area contributed by atoms with Gasteiger partial charge in [-0.25, -0.2) is 9.18 Å². The zero-order valence-electron chi connectivity index (χ0n) is 25.7. The van der Waals surface area contributed by atoms with Gasteiger partial charge in [-0.3, -0.25) is 24.0 Å². The van der Waals surface area contributed by atoms with Crippen LogP contribution in [-0.2, 0) is 28.7 Å². The molecule has 1 spiro atoms. The van der Waals surface area contributed by atoms with Gasteiger partial charge in [0.1, 0.15) is 30.9 Å². The summed E-state index contributed by atoms with van der Waals surface area (Å²) in [7, 11) is 0. The normalized spacial score (nSPS) is 19.7. The Hall–Kier alpha value is -2.55. The van der Waals surface area contributed by atoms with Gasteiger partial charge in [-0.1, -0.05) is 34.1 Å². The van der Waals surface area contributed by atoms with Crippen LogP contribution in [0, 0.1) is 5.41 Å². The number of alkyl carbamates (subject to hydrolysis) is 1. The number of Topliss-reactive ketones (excluding diaryl/α,β-unsaturated/α-hetero) is 1. The molecule has 2 fully saturated rings. The third-order valence-electron chi connectivity index (χ3n) is 7.62. The smallest absolute Gasteiger partial charge is 0.408 e. The summed E-state index contributed by atoms with van der Waals surface area (Å²) in [4.78, 5) is 78.3. The number of thioether (sulfide) groups is 2. The molecule has 0 saturated carbocycles. The maximum absolute atomic E-state index is 14.3. The first-order valence-electron chi connectivity index (χ1n) is 14.5. The number of carbonyl (C=O) groups excluding carboxylic acids is 5. The van der Waals surface area contributed by atoms with Gasteiger partial charge >= 0.3 is 12.1 Å². The number of hydrogen-bond donors (Lipinski definition) is 4. The molecule has 15 heteroatoms. The molecule has 0 aromatic heterocycles. The molecule has 4 amide bonds. The van der Waals surface area contributed by atoms with Crippen molar-refractivity contribution in [3.63, 3.8) is 0 Å². The third kappa shape index (κ3) is 9.98. The van der Waals surface area contributed by atoms with Crippen LogP contribution in [-0.4, -0.2) is 105 Å². The van der Waals surface area contributed by atoms with E-state index >= 15 is 0 Å². The summed E-state index contributed by atoms with van der Waals surface area (Å²) in [5.74, 6) is -2.87. The first-order chi connectivity index (χ1) is 20.0. The van der Waals surface area contributed by atoms with E-state index in [-0.39, 0.29) is 19.4 Å². The van der Waals surface area contributed by atoms with E-state index < -0.39 is 82.0 Å². The highest BCUT2D eigenvalue weighted by Gasteiger charge is 2.53. The van der Waals surface area contributed by atoms with Crippen molar-refractivity contribution in [2.45, 2.75) is 101 Å². The van der Waals surface area contributed by atoms with Crippen LogP contribution in [0.4, 0.5) is 9.18 Å². The summed E-state index contributed by atoms with van der Waals surface area (Å²) in [6.07, 6.45) is 1.36. The quantitative estimate of drug-likeness (QED) is 0.205. The minimum atomic E-state index is -1.40. The highest BCUT2D eigenvalue weighted by Crippen LogP contribution is 2.50. The maximum atomic E-state index is 14.3. The summed E-state index contributed by atoms with van der Waals surface area (Å²) in [5, 5.41) is 16.1. The molecule has 2 aliphatic rings. The molecule has 244 valence electrons. The van der Waals surface area contributed by atoms with Gasteiger partial charge in [-0.2, -0.15) is 0 Å². The number of ketones is 1. The van der Waals surface area contributed by atoms with Crippen molar-refractivity contribution in [3.05, 3.63) is 0 Å².